The van der Waals surface area contributed by atoms with E-state index < -0.39 is 27.8 Å². The van der Waals surface area contributed by atoms with E-state index in [2.05, 4.69) is 20.4 Å². The van der Waals surface area contributed by atoms with Gasteiger partial charge in [0.25, 0.3) is 5.91 Å². The zero-order valence-electron chi connectivity index (χ0n) is 20.7. The first-order valence-corrected chi connectivity index (χ1v) is 14.5. The van der Waals surface area contributed by atoms with Gasteiger partial charge in [-0.2, -0.15) is 5.10 Å². The monoisotopic (exact) mass is 587 g/mol. The second-order valence-electron chi connectivity index (χ2n) is 9.28. The molecule has 3 aromatic carbocycles. The van der Waals surface area contributed by atoms with Crippen LogP contribution in [0, 0.1) is 5.82 Å². The highest BCUT2D eigenvalue weighted by atomic mass is 35.5. The molecule has 1 fully saturated rings. The lowest BCUT2D eigenvalue weighted by Crippen LogP contribution is -2.61. The highest BCUT2D eigenvalue weighted by Gasteiger charge is 2.41. The number of amides is 1. The van der Waals surface area contributed by atoms with Gasteiger partial charge in [0, 0.05) is 41.0 Å². The van der Waals surface area contributed by atoms with Crippen LogP contribution in [0.3, 0.4) is 0 Å². The number of benzene rings is 3. The van der Waals surface area contributed by atoms with Crippen LogP contribution < -0.4 is 9.62 Å². The van der Waals surface area contributed by atoms with Gasteiger partial charge in [0.05, 0.1) is 24.0 Å². The van der Waals surface area contributed by atoms with Crippen molar-refractivity contribution < 1.29 is 17.6 Å². The summed E-state index contributed by atoms with van der Waals surface area (Å²) in [5, 5.41) is 10.2. The number of carbonyl (C=O) groups is 1. The van der Waals surface area contributed by atoms with Gasteiger partial charge in [-0.25, -0.2) is 12.8 Å². The van der Waals surface area contributed by atoms with Crippen molar-refractivity contribution >= 4 is 50.6 Å². The molecular weight excluding hydrogens is 564 g/mol. The van der Waals surface area contributed by atoms with Gasteiger partial charge in [-0.15, -0.1) is 0 Å². The summed E-state index contributed by atoms with van der Waals surface area (Å²) in [4.78, 5) is 14.8. The van der Waals surface area contributed by atoms with Gasteiger partial charge < -0.3 is 5.32 Å². The third kappa shape index (κ3) is 6.09. The summed E-state index contributed by atoms with van der Waals surface area (Å²) in [6, 6.07) is 19.4. The van der Waals surface area contributed by atoms with Crippen molar-refractivity contribution in [1.29, 1.82) is 0 Å². The third-order valence-corrected chi connectivity index (χ3v) is 8.19. The minimum atomic E-state index is -3.82. The molecule has 2 heterocycles. The van der Waals surface area contributed by atoms with Crippen molar-refractivity contribution in [2.75, 3.05) is 29.0 Å². The average Bonchev–Trinajstić information content (AvgIpc) is 3.36. The average molecular weight is 588 g/mol. The molecule has 4 aromatic rings. The molecule has 1 amide bonds. The van der Waals surface area contributed by atoms with E-state index in [1.807, 2.05) is 48.5 Å². The molecule has 0 bridgehead atoms. The lowest BCUT2D eigenvalue weighted by molar-refractivity contribution is 0.102. The van der Waals surface area contributed by atoms with Crippen LogP contribution in [0.1, 0.15) is 27.5 Å². The number of anilines is 2. The largest absolute Gasteiger partial charge is 0.305 e. The molecule has 1 aromatic heterocycles. The molecule has 39 heavy (non-hydrogen) atoms. The zero-order valence-corrected chi connectivity index (χ0v) is 23.0. The number of nitrogens with zero attached hydrogens (tertiary/aromatic N) is 3. The van der Waals surface area contributed by atoms with Gasteiger partial charge in [-0.3, -0.25) is 19.1 Å². The van der Waals surface area contributed by atoms with Crippen molar-refractivity contribution in [1.82, 2.24) is 15.1 Å². The van der Waals surface area contributed by atoms with Crippen LogP contribution in [-0.2, 0) is 10.0 Å². The maximum Gasteiger partial charge on any atom is 0.257 e. The Morgan fingerprint density at radius 2 is 1.62 bits per heavy atom. The van der Waals surface area contributed by atoms with Crippen LogP contribution in [0.25, 0.3) is 0 Å². The molecule has 0 spiro atoms. The Kier molecular flexibility index (Phi) is 7.64. The molecule has 2 N–H and O–H groups in total. The van der Waals surface area contributed by atoms with Gasteiger partial charge >= 0.3 is 0 Å². The first-order chi connectivity index (χ1) is 18.6. The summed E-state index contributed by atoms with van der Waals surface area (Å²) in [6.45, 7) is 0.739. The summed E-state index contributed by atoms with van der Waals surface area (Å²) < 4.78 is 41.7. The van der Waals surface area contributed by atoms with Crippen LogP contribution in [0.4, 0.5) is 15.9 Å². The predicted octanol–water partition coefficient (Wildman–Crippen LogP) is 5.35. The summed E-state index contributed by atoms with van der Waals surface area (Å²) >= 11 is 12.2. The molecule has 202 valence electrons. The van der Waals surface area contributed by atoms with Crippen molar-refractivity contribution in [3.8, 4) is 0 Å². The third-order valence-electron chi connectivity index (χ3n) is 6.46. The number of sulfonamides is 1. The summed E-state index contributed by atoms with van der Waals surface area (Å²) in [5.74, 6) is -1.09. The van der Waals surface area contributed by atoms with E-state index in [0.29, 0.717) is 23.1 Å². The van der Waals surface area contributed by atoms with E-state index in [-0.39, 0.29) is 23.1 Å². The SMILES string of the molecule is CS(=O)(=O)N(c1cc(F)cc(C(=O)Nc2cc[nH]n2)c1)C1CN(C(c2ccc(Cl)cc2)c2ccc(Cl)cc2)C1. The van der Waals surface area contributed by atoms with Crippen molar-refractivity contribution in [3.63, 3.8) is 0 Å². The standard InChI is InChI=1S/C27H24Cl2FN5O3S/c1-39(37,38)35(23-13-19(12-22(30)14-23)27(36)32-25-10-11-31-33-25)24-15-34(16-24)26(17-2-6-20(28)7-3-17)18-4-8-21(29)9-5-18/h2-14,24,26H,15-16H2,1H3,(H2,31,32,33,36). The maximum absolute atomic E-state index is 14.7. The Bertz CT molecular complexity index is 1530. The van der Waals surface area contributed by atoms with Crippen LogP contribution in [0.5, 0.6) is 0 Å². The molecule has 1 aliphatic heterocycles. The lowest BCUT2D eigenvalue weighted by atomic mass is 9.93. The van der Waals surface area contributed by atoms with Crippen LogP contribution in [0.2, 0.25) is 10.0 Å². The first kappa shape index (κ1) is 27.1. The number of likely N-dealkylation sites (tertiary alicyclic amines) is 1. The fourth-order valence-corrected chi connectivity index (χ4v) is 6.19. The smallest absolute Gasteiger partial charge is 0.257 e. The molecule has 0 atom stereocenters. The summed E-state index contributed by atoms with van der Waals surface area (Å²) in [5.41, 5.74) is 2.00. The van der Waals surface area contributed by atoms with E-state index in [9.17, 15) is 17.6 Å². The number of hydrogen-bond acceptors (Lipinski definition) is 5. The number of nitrogens with one attached hydrogen (secondary N) is 2. The van der Waals surface area contributed by atoms with Gasteiger partial charge in [0.15, 0.2) is 5.82 Å². The fourth-order valence-electron chi connectivity index (χ4n) is 4.78. The second-order valence-corrected chi connectivity index (χ2v) is 12.0. The molecule has 5 rings (SSSR count). The lowest BCUT2D eigenvalue weighted by Gasteiger charge is -2.48. The van der Waals surface area contributed by atoms with E-state index in [1.165, 1.54) is 16.6 Å². The Morgan fingerprint density at radius 1 is 1.03 bits per heavy atom. The van der Waals surface area contributed by atoms with Crippen LogP contribution in [0.15, 0.2) is 79.0 Å². The number of H-pyrrole nitrogens is 1. The zero-order chi connectivity index (χ0) is 27.7. The molecule has 8 nitrogen and oxygen atoms in total. The topological polar surface area (TPSA) is 98.4 Å². The Morgan fingerprint density at radius 3 is 2.13 bits per heavy atom. The van der Waals surface area contributed by atoms with Crippen molar-refractivity contribution in [2.24, 2.45) is 0 Å². The minimum Gasteiger partial charge on any atom is -0.305 e. The molecule has 0 aliphatic carbocycles. The first-order valence-electron chi connectivity index (χ1n) is 11.9. The number of aromatic nitrogens is 2. The van der Waals surface area contributed by atoms with Gasteiger partial charge in [0.1, 0.15) is 5.82 Å². The minimum absolute atomic E-state index is 0.0296. The maximum atomic E-state index is 14.7. The van der Waals surface area contributed by atoms with E-state index >= 15 is 0 Å². The van der Waals surface area contributed by atoms with Crippen molar-refractivity contribution in [3.05, 3.63) is 112 Å². The van der Waals surface area contributed by atoms with Gasteiger partial charge in [-0.05, 0) is 53.6 Å². The molecule has 12 heteroatoms. The summed E-state index contributed by atoms with van der Waals surface area (Å²) in [7, 11) is -3.82. The van der Waals surface area contributed by atoms with Gasteiger partial charge in [-0.1, -0.05) is 47.5 Å². The highest BCUT2D eigenvalue weighted by Crippen LogP contribution is 2.37. The molecule has 0 radical (unpaired) electrons. The number of aromatic amines is 1. The summed E-state index contributed by atoms with van der Waals surface area (Å²) in [6.07, 6.45) is 2.60. The Hall–Kier alpha value is -3.44. The second kappa shape index (κ2) is 11.0. The molecule has 1 saturated heterocycles. The van der Waals surface area contributed by atoms with E-state index in [1.54, 1.807) is 6.07 Å². The van der Waals surface area contributed by atoms with E-state index in [4.69, 9.17) is 23.2 Å². The number of hydrogen-bond donors (Lipinski definition) is 2. The van der Waals surface area contributed by atoms with Gasteiger partial charge in [0.2, 0.25) is 10.0 Å². The number of halogens is 3. The quantitative estimate of drug-likeness (QED) is 0.289. The molecule has 0 unspecified atom stereocenters. The van der Waals surface area contributed by atoms with E-state index in [0.717, 1.165) is 29.5 Å². The molecular formula is C27H24Cl2FN5O3S. The number of rotatable bonds is 8. The fraction of sp³-hybridized carbons (Fsp3) is 0.185. The van der Waals surface area contributed by atoms with Crippen molar-refractivity contribution in [2.45, 2.75) is 12.1 Å². The Balaban J connectivity index is 1.43. The predicted molar refractivity (Wildman–Crippen MR) is 150 cm³/mol. The Labute approximate surface area is 235 Å². The van der Waals surface area contributed by atoms with Crippen LogP contribution >= 0.6 is 23.2 Å². The highest BCUT2D eigenvalue weighted by molar-refractivity contribution is 7.92. The molecule has 0 saturated carbocycles. The van der Waals surface area contributed by atoms with Crippen LogP contribution in [-0.4, -0.2) is 54.8 Å². The number of carbonyl (C=O) groups excluding carboxylic acids is 1. The normalized spacial score (nSPS) is 14.3. The molecule has 1 aliphatic rings.